The number of hydrogen-bond donors (Lipinski definition) is 1. The molecule has 0 fully saturated rings. The Morgan fingerprint density at radius 1 is 1.28 bits per heavy atom. The molecule has 0 aliphatic heterocycles. The maximum atomic E-state index is 12.3. The molecule has 3 aromatic rings. The molecule has 0 atom stereocenters. The van der Waals surface area contributed by atoms with Crippen molar-refractivity contribution in [3.05, 3.63) is 50.7 Å². The van der Waals surface area contributed by atoms with Crippen LogP contribution in [-0.4, -0.2) is 17.0 Å². The average molecular weight is 379 g/mol. The monoisotopic (exact) mass is 378 g/mol. The van der Waals surface area contributed by atoms with Crippen molar-refractivity contribution < 1.29 is 23.8 Å². The van der Waals surface area contributed by atoms with Crippen LogP contribution in [0.3, 0.4) is 0 Å². The summed E-state index contributed by atoms with van der Waals surface area (Å²) in [4.78, 5) is 35.4. The molecule has 6 nitrogen and oxygen atoms in total. The molecule has 3 rings (SSSR count). The van der Waals surface area contributed by atoms with E-state index in [0.29, 0.717) is 20.7 Å². The van der Waals surface area contributed by atoms with Gasteiger partial charge in [0.05, 0.1) is 17.0 Å². The third-order valence-electron chi connectivity index (χ3n) is 3.29. The molecule has 0 bridgehead atoms. The molecule has 2 heterocycles. The number of carbonyl (C=O) groups is 2. The Kier molecular flexibility index (Phi) is 4.61. The first-order valence-corrected chi connectivity index (χ1v) is 8.29. The highest BCUT2D eigenvalue weighted by atomic mass is 35.5. The van der Waals surface area contributed by atoms with E-state index < -0.39 is 17.6 Å². The molecule has 0 spiro atoms. The number of fused-ring (bicyclic) bond motifs is 1. The predicted octanol–water partition coefficient (Wildman–Crippen LogP) is 3.73. The summed E-state index contributed by atoms with van der Waals surface area (Å²) >= 11 is 7.30. The topological polar surface area (TPSA) is 93.8 Å². The van der Waals surface area contributed by atoms with Gasteiger partial charge < -0.3 is 14.3 Å². The van der Waals surface area contributed by atoms with Crippen LogP contribution < -0.4 is 10.4 Å². The fraction of sp³-hybridized carbons (Fsp3) is 0.118. The van der Waals surface area contributed by atoms with Crippen LogP contribution in [0.5, 0.6) is 5.75 Å². The lowest BCUT2D eigenvalue weighted by Crippen LogP contribution is -2.04. The number of ether oxygens (including phenoxy) is 1. The molecule has 0 saturated heterocycles. The zero-order valence-electron chi connectivity index (χ0n) is 12.9. The van der Waals surface area contributed by atoms with E-state index in [9.17, 15) is 14.4 Å². The second kappa shape index (κ2) is 6.70. The average Bonchev–Trinajstić information content (AvgIpc) is 2.95. The van der Waals surface area contributed by atoms with Crippen molar-refractivity contribution in [1.82, 2.24) is 0 Å². The van der Waals surface area contributed by atoms with Gasteiger partial charge in [-0.2, -0.15) is 0 Å². The van der Waals surface area contributed by atoms with Gasteiger partial charge in [0.2, 0.25) is 0 Å². The standard InChI is InChI=1S/C17H11ClO6S/c1-8(19)23-14-7-13-9(5-12(14)18)4-11(17(22)24-13)15-3-2-10(25-15)6-16(20)21/h2-5,7H,6H2,1H3,(H,20,21). The van der Waals surface area contributed by atoms with Crippen LogP contribution in [0.25, 0.3) is 21.4 Å². The molecule has 8 heteroatoms. The third-order valence-corrected chi connectivity index (χ3v) is 4.71. The first-order chi connectivity index (χ1) is 11.8. The minimum absolute atomic E-state index is 0.109. The number of rotatable bonds is 4. The van der Waals surface area contributed by atoms with Gasteiger partial charge in [-0.05, 0) is 24.3 Å². The van der Waals surface area contributed by atoms with Crippen molar-refractivity contribution in [1.29, 1.82) is 0 Å². The number of halogens is 1. The van der Waals surface area contributed by atoms with Crippen LogP contribution in [0.1, 0.15) is 11.8 Å². The second-order valence-electron chi connectivity index (χ2n) is 5.20. The van der Waals surface area contributed by atoms with E-state index in [1.54, 1.807) is 18.2 Å². The quantitative estimate of drug-likeness (QED) is 0.422. The number of thiophene rings is 1. The van der Waals surface area contributed by atoms with E-state index in [0.717, 1.165) is 0 Å². The van der Waals surface area contributed by atoms with Crippen LogP contribution in [0.15, 0.2) is 39.5 Å². The molecule has 0 radical (unpaired) electrons. The maximum Gasteiger partial charge on any atom is 0.345 e. The van der Waals surface area contributed by atoms with Crippen molar-refractivity contribution >= 4 is 45.8 Å². The van der Waals surface area contributed by atoms with Crippen LogP contribution in [0.2, 0.25) is 5.02 Å². The van der Waals surface area contributed by atoms with Crippen molar-refractivity contribution in [3.63, 3.8) is 0 Å². The van der Waals surface area contributed by atoms with Gasteiger partial charge in [0.1, 0.15) is 5.58 Å². The zero-order chi connectivity index (χ0) is 18.1. The van der Waals surface area contributed by atoms with Crippen molar-refractivity contribution in [3.8, 4) is 16.2 Å². The van der Waals surface area contributed by atoms with E-state index in [-0.39, 0.29) is 22.8 Å². The molecule has 0 amide bonds. The molecule has 0 aliphatic rings. The Morgan fingerprint density at radius 2 is 2.04 bits per heavy atom. The van der Waals surface area contributed by atoms with E-state index in [1.165, 1.54) is 30.4 Å². The summed E-state index contributed by atoms with van der Waals surface area (Å²) in [5.74, 6) is -1.37. The van der Waals surface area contributed by atoms with E-state index in [2.05, 4.69) is 0 Å². The Morgan fingerprint density at radius 3 is 2.72 bits per heavy atom. The SMILES string of the molecule is CC(=O)Oc1cc2oc(=O)c(-c3ccc(CC(=O)O)s3)cc2cc1Cl. The number of carboxylic acids is 1. The highest BCUT2D eigenvalue weighted by Crippen LogP contribution is 2.33. The van der Waals surface area contributed by atoms with Gasteiger partial charge >= 0.3 is 17.6 Å². The lowest BCUT2D eigenvalue weighted by Gasteiger charge is -2.06. The summed E-state index contributed by atoms with van der Waals surface area (Å²) in [5.41, 5.74) is -0.0329. The fourth-order valence-electron chi connectivity index (χ4n) is 2.29. The minimum Gasteiger partial charge on any atom is -0.481 e. The number of benzene rings is 1. The van der Waals surface area contributed by atoms with Crippen molar-refractivity contribution in [2.45, 2.75) is 13.3 Å². The molecule has 0 saturated carbocycles. The summed E-state index contributed by atoms with van der Waals surface area (Å²) in [5, 5.41) is 9.61. The number of carbonyl (C=O) groups excluding carboxylic acids is 1. The van der Waals surface area contributed by atoms with Crippen molar-refractivity contribution in [2.75, 3.05) is 0 Å². The highest BCUT2D eigenvalue weighted by Gasteiger charge is 2.14. The first-order valence-electron chi connectivity index (χ1n) is 7.10. The lowest BCUT2D eigenvalue weighted by atomic mass is 10.1. The van der Waals surface area contributed by atoms with Crippen LogP contribution >= 0.6 is 22.9 Å². The van der Waals surface area contributed by atoms with Gasteiger partial charge in [0, 0.05) is 28.1 Å². The van der Waals surface area contributed by atoms with Crippen molar-refractivity contribution in [2.24, 2.45) is 0 Å². The number of carboxylic acid groups (broad SMARTS) is 1. The van der Waals surface area contributed by atoms with Crippen LogP contribution in [-0.2, 0) is 16.0 Å². The molecule has 128 valence electrons. The number of aliphatic carboxylic acids is 1. The summed E-state index contributed by atoms with van der Waals surface area (Å²) in [6.07, 6.45) is -0.110. The van der Waals surface area contributed by atoms with Crippen LogP contribution in [0, 0.1) is 0 Å². The van der Waals surface area contributed by atoms with E-state index in [1.807, 2.05) is 0 Å². The van der Waals surface area contributed by atoms with E-state index >= 15 is 0 Å². The van der Waals surface area contributed by atoms with Gasteiger partial charge in [-0.15, -0.1) is 11.3 Å². The zero-order valence-corrected chi connectivity index (χ0v) is 14.4. The highest BCUT2D eigenvalue weighted by molar-refractivity contribution is 7.15. The molecular weight excluding hydrogens is 368 g/mol. The Balaban J connectivity index is 2.07. The fourth-order valence-corrected chi connectivity index (χ4v) is 3.51. The smallest absolute Gasteiger partial charge is 0.345 e. The minimum atomic E-state index is -0.941. The largest absolute Gasteiger partial charge is 0.481 e. The Hall–Kier alpha value is -2.64. The molecule has 0 unspecified atom stereocenters. The molecule has 2 aromatic heterocycles. The predicted molar refractivity (Wildman–Crippen MR) is 93.5 cm³/mol. The molecular formula is C17H11ClO6S. The van der Waals surface area contributed by atoms with E-state index in [4.69, 9.17) is 25.9 Å². The first kappa shape index (κ1) is 17.2. The lowest BCUT2D eigenvalue weighted by molar-refractivity contribution is -0.136. The Bertz CT molecular complexity index is 1050. The number of esters is 1. The van der Waals surface area contributed by atoms with Gasteiger partial charge in [0.15, 0.2) is 5.75 Å². The molecule has 0 aliphatic carbocycles. The number of hydrogen-bond acceptors (Lipinski definition) is 6. The van der Waals surface area contributed by atoms with Gasteiger partial charge in [0.25, 0.3) is 0 Å². The van der Waals surface area contributed by atoms with Gasteiger partial charge in [-0.3, -0.25) is 9.59 Å². The van der Waals surface area contributed by atoms with Gasteiger partial charge in [-0.25, -0.2) is 4.79 Å². The normalized spacial score (nSPS) is 10.8. The maximum absolute atomic E-state index is 12.3. The summed E-state index contributed by atoms with van der Waals surface area (Å²) in [6.45, 7) is 1.24. The molecule has 25 heavy (non-hydrogen) atoms. The summed E-state index contributed by atoms with van der Waals surface area (Å²) in [7, 11) is 0. The summed E-state index contributed by atoms with van der Waals surface area (Å²) in [6, 6.07) is 7.87. The second-order valence-corrected chi connectivity index (χ2v) is 6.77. The van der Waals surface area contributed by atoms with Gasteiger partial charge in [-0.1, -0.05) is 11.6 Å². The van der Waals surface area contributed by atoms with Crippen LogP contribution in [0.4, 0.5) is 0 Å². The Labute approximate surface area is 150 Å². The molecule has 1 N–H and O–H groups in total. The molecule has 1 aromatic carbocycles. The summed E-state index contributed by atoms with van der Waals surface area (Å²) < 4.78 is 10.3. The third kappa shape index (κ3) is 3.72.